The molecule has 6 nitrogen and oxygen atoms in total. The summed E-state index contributed by atoms with van der Waals surface area (Å²) in [6.07, 6.45) is 0.530. The second-order valence-electron chi connectivity index (χ2n) is 6.32. The Bertz CT molecular complexity index is 992. The number of ether oxygens (including phenoxy) is 1. The van der Waals surface area contributed by atoms with Crippen LogP contribution in [-0.4, -0.2) is 25.9 Å². The van der Waals surface area contributed by atoms with Crippen molar-refractivity contribution in [2.45, 2.75) is 26.4 Å². The molecule has 25 heavy (non-hydrogen) atoms. The lowest BCUT2D eigenvalue weighted by atomic mass is 10.1. The van der Waals surface area contributed by atoms with E-state index < -0.39 is 21.4 Å². The Morgan fingerprint density at radius 2 is 2.12 bits per heavy atom. The molecular weight excluding hydrogens is 368 g/mol. The largest absolute Gasteiger partial charge is 0.461 e. The zero-order valence-corrected chi connectivity index (χ0v) is 15.2. The number of halogens is 1. The van der Waals surface area contributed by atoms with Gasteiger partial charge in [-0.3, -0.25) is 4.79 Å². The second kappa shape index (κ2) is 6.80. The van der Waals surface area contributed by atoms with Gasteiger partial charge in [0.25, 0.3) is 0 Å². The van der Waals surface area contributed by atoms with Crippen molar-refractivity contribution < 1.29 is 22.4 Å². The fraction of sp³-hybridized carbons (Fsp3) is 0.412. The van der Waals surface area contributed by atoms with Crippen LogP contribution < -0.4 is 5.63 Å². The van der Waals surface area contributed by atoms with Gasteiger partial charge in [0.2, 0.25) is 0 Å². The number of fused-ring (bicyclic) bond motifs is 1. The van der Waals surface area contributed by atoms with Crippen molar-refractivity contribution in [3.8, 4) is 0 Å². The van der Waals surface area contributed by atoms with Crippen molar-refractivity contribution in [2.75, 3.05) is 11.5 Å². The van der Waals surface area contributed by atoms with E-state index in [4.69, 9.17) is 20.8 Å². The summed E-state index contributed by atoms with van der Waals surface area (Å²) in [6.45, 7) is 1.70. The summed E-state index contributed by atoms with van der Waals surface area (Å²) in [7, 11) is -3.03. The number of hydrogen-bond acceptors (Lipinski definition) is 6. The minimum Gasteiger partial charge on any atom is -0.461 e. The van der Waals surface area contributed by atoms with E-state index in [1.807, 2.05) is 0 Å². The van der Waals surface area contributed by atoms with Gasteiger partial charge in [-0.1, -0.05) is 11.6 Å². The van der Waals surface area contributed by atoms with E-state index in [1.165, 1.54) is 6.07 Å². The summed E-state index contributed by atoms with van der Waals surface area (Å²) in [6, 6.07) is 4.59. The van der Waals surface area contributed by atoms with Gasteiger partial charge in [0.1, 0.15) is 12.2 Å². The van der Waals surface area contributed by atoms with Gasteiger partial charge in [-0.15, -0.1) is 0 Å². The minimum absolute atomic E-state index is 0.0227. The predicted octanol–water partition coefficient (Wildman–Crippen LogP) is 2.62. The molecule has 8 heteroatoms. The number of aryl methyl sites for hydroxylation is 1. The first kappa shape index (κ1) is 17.9. The molecule has 0 spiro atoms. The molecule has 0 aliphatic carbocycles. The maximum absolute atomic E-state index is 12.0. The van der Waals surface area contributed by atoms with Crippen LogP contribution in [0.25, 0.3) is 11.0 Å². The van der Waals surface area contributed by atoms with Gasteiger partial charge in [-0.25, -0.2) is 13.2 Å². The number of sulfone groups is 1. The van der Waals surface area contributed by atoms with Crippen LogP contribution in [-0.2, 0) is 26.0 Å². The van der Waals surface area contributed by atoms with Crippen LogP contribution in [0.3, 0.4) is 0 Å². The standard InChI is InChI=1S/C17H17ClO6S/c1-10-4-15-13(7-14(10)18)12(6-17(20)24-15)8-23-16(19)5-11-2-3-25(21,22)9-11/h4,6-7,11H,2-3,5,8-9H2,1H3/t11-/m1/s1. The highest BCUT2D eigenvalue weighted by Gasteiger charge is 2.29. The Hall–Kier alpha value is -1.86. The third-order valence-electron chi connectivity index (χ3n) is 4.28. The first-order valence-electron chi connectivity index (χ1n) is 7.82. The van der Waals surface area contributed by atoms with E-state index in [-0.39, 0.29) is 30.5 Å². The molecule has 1 aromatic heterocycles. The fourth-order valence-electron chi connectivity index (χ4n) is 2.95. The molecule has 2 heterocycles. The predicted molar refractivity (Wildman–Crippen MR) is 93.4 cm³/mol. The summed E-state index contributed by atoms with van der Waals surface area (Å²) in [5, 5.41) is 1.12. The second-order valence-corrected chi connectivity index (χ2v) is 8.96. The lowest BCUT2D eigenvalue weighted by Crippen LogP contribution is -2.13. The molecule has 0 radical (unpaired) electrons. The van der Waals surface area contributed by atoms with Crippen molar-refractivity contribution in [3.05, 3.63) is 44.8 Å². The maximum Gasteiger partial charge on any atom is 0.336 e. The van der Waals surface area contributed by atoms with Crippen LogP contribution in [0, 0.1) is 12.8 Å². The molecule has 1 atom stereocenters. The van der Waals surface area contributed by atoms with Crippen LogP contribution in [0.5, 0.6) is 0 Å². The van der Waals surface area contributed by atoms with Gasteiger partial charge < -0.3 is 9.15 Å². The highest BCUT2D eigenvalue weighted by atomic mass is 35.5. The molecule has 1 aliphatic rings. The van der Waals surface area contributed by atoms with Gasteiger partial charge >= 0.3 is 11.6 Å². The number of carbonyl (C=O) groups excluding carboxylic acids is 1. The molecule has 0 unspecified atom stereocenters. The van der Waals surface area contributed by atoms with E-state index in [9.17, 15) is 18.0 Å². The fourth-order valence-corrected chi connectivity index (χ4v) is 4.98. The third kappa shape index (κ3) is 4.22. The quantitative estimate of drug-likeness (QED) is 0.594. The molecule has 1 saturated heterocycles. The number of hydrogen-bond donors (Lipinski definition) is 0. The summed E-state index contributed by atoms with van der Waals surface area (Å²) in [5.74, 6) is -0.545. The lowest BCUT2D eigenvalue weighted by molar-refractivity contribution is -0.145. The smallest absolute Gasteiger partial charge is 0.336 e. The van der Waals surface area contributed by atoms with E-state index in [1.54, 1.807) is 19.1 Å². The van der Waals surface area contributed by atoms with E-state index in [2.05, 4.69) is 0 Å². The summed E-state index contributed by atoms with van der Waals surface area (Å²) in [5.41, 5.74) is 1.11. The topological polar surface area (TPSA) is 90.7 Å². The molecule has 3 rings (SSSR count). The molecule has 134 valence electrons. The van der Waals surface area contributed by atoms with E-state index >= 15 is 0 Å². The number of rotatable bonds is 4. The first-order valence-corrected chi connectivity index (χ1v) is 10.0. The lowest BCUT2D eigenvalue weighted by Gasteiger charge is -2.10. The minimum atomic E-state index is -3.03. The van der Waals surface area contributed by atoms with Crippen molar-refractivity contribution in [3.63, 3.8) is 0 Å². The van der Waals surface area contributed by atoms with E-state index in [0.29, 0.717) is 28.0 Å². The van der Waals surface area contributed by atoms with Gasteiger partial charge in [0.05, 0.1) is 11.5 Å². The number of esters is 1. The normalized spacial score (nSPS) is 19.2. The Morgan fingerprint density at radius 1 is 1.36 bits per heavy atom. The highest BCUT2D eigenvalue weighted by molar-refractivity contribution is 7.91. The van der Waals surface area contributed by atoms with Crippen LogP contribution in [0.1, 0.15) is 24.0 Å². The molecule has 1 aliphatic heterocycles. The molecule has 1 fully saturated rings. The number of carbonyl (C=O) groups is 1. The average molecular weight is 385 g/mol. The van der Waals surface area contributed by atoms with E-state index in [0.717, 1.165) is 5.56 Å². The summed E-state index contributed by atoms with van der Waals surface area (Å²) in [4.78, 5) is 23.7. The van der Waals surface area contributed by atoms with Crippen LogP contribution >= 0.6 is 11.6 Å². The Labute approximate surface area is 149 Å². The maximum atomic E-state index is 12.0. The monoisotopic (exact) mass is 384 g/mol. The van der Waals surface area contributed by atoms with Crippen LogP contribution in [0.2, 0.25) is 5.02 Å². The molecule has 1 aromatic carbocycles. The summed E-state index contributed by atoms with van der Waals surface area (Å²) >= 11 is 6.12. The van der Waals surface area contributed by atoms with Crippen LogP contribution in [0.4, 0.5) is 0 Å². The SMILES string of the molecule is Cc1cc2oc(=O)cc(COC(=O)C[C@H]3CCS(=O)(=O)C3)c2cc1Cl. The van der Waals surface area contributed by atoms with Gasteiger partial charge in [-0.2, -0.15) is 0 Å². The zero-order valence-electron chi connectivity index (χ0n) is 13.6. The number of benzene rings is 1. The Morgan fingerprint density at radius 3 is 2.80 bits per heavy atom. The first-order chi connectivity index (χ1) is 11.7. The highest BCUT2D eigenvalue weighted by Crippen LogP contribution is 2.26. The van der Waals surface area contributed by atoms with Gasteiger partial charge in [0, 0.05) is 28.5 Å². The summed E-state index contributed by atoms with van der Waals surface area (Å²) < 4.78 is 33.3. The van der Waals surface area contributed by atoms with Crippen LogP contribution in [0.15, 0.2) is 27.4 Å². The van der Waals surface area contributed by atoms with Gasteiger partial charge in [-0.05, 0) is 37.0 Å². The van der Waals surface area contributed by atoms with Gasteiger partial charge in [0.15, 0.2) is 9.84 Å². The molecular formula is C17H17ClO6S. The van der Waals surface area contributed by atoms with Crippen molar-refractivity contribution in [1.82, 2.24) is 0 Å². The van der Waals surface area contributed by atoms with Crippen molar-refractivity contribution in [2.24, 2.45) is 5.92 Å². The Kier molecular flexibility index (Phi) is 4.88. The molecule has 2 aromatic rings. The molecule has 0 N–H and O–H groups in total. The molecule has 0 amide bonds. The molecule has 0 bridgehead atoms. The molecule has 0 saturated carbocycles. The Balaban J connectivity index is 1.73. The van der Waals surface area contributed by atoms with Crippen molar-refractivity contribution >= 4 is 38.4 Å². The third-order valence-corrected chi connectivity index (χ3v) is 6.52. The average Bonchev–Trinajstić information content (AvgIpc) is 2.85. The zero-order chi connectivity index (χ0) is 18.2. The van der Waals surface area contributed by atoms with Crippen molar-refractivity contribution in [1.29, 1.82) is 0 Å².